The smallest absolute Gasteiger partial charge is 0.130 e. The molecule has 0 fully saturated rings. The Morgan fingerprint density at radius 3 is 3.00 bits per heavy atom. The van der Waals surface area contributed by atoms with E-state index in [2.05, 4.69) is 29.8 Å². The number of hydrogen-bond donors (Lipinski definition) is 0. The van der Waals surface area contributed by atoms with Gasteiger partial charge in [-0.05, 0) is 37.6 Å². The first-order valence-corrected chi connectivity index (χ1v) is 4.74. The number of fused-ring (bicyclic) bond motifs is 1. The second kappa shape index (κ2) is 3.46. The molecule has 1 unspecified atom stereocenters. The van der Waals surface area contributed by atoms with E-state index in [-0.39, 0.29) is 6.23 Å². The van der Waals surface area contributed by atoms with Crippen LogP contribution in [0.2, 0.25) is 0 Å². The zero-order valence-electron chi connectivity index (χ0n) is 8.74. The Morgan fingerprint density at radius 2 is 2.29 bits per heavy atom. The molecule has 0 amide bonds. The lowest BCUT2D eigenvalue weighted by Crippen LogP contribution is -2.04. The van der Waals surface area contributed by atoms with Gasteiger partial charge in [0.05, 0.1) is 5.52 Å². The highest BCUT2D eigenvalue weighted by molar-refractivity contribution is 5.83. The summed E-state index contributed by atoms with van der Waals surface area (Å²) in [6, 6.07) is 9.11. The predicted octanol–water partition coefficient (Wildman–Crippen LogP) is 2.91. The Morgan fingerprint density at radius 1 is 1.50 bits per heavy atom. The number of aryl methyl sites for hydroxylation is 1. The highest BCUT2D eigenvalue weighted by Crippen LogP contribution is 2.23. The highest BCUT2D eigenvalue weighted by Gasteiger charge is 2.08. The van der Waals surface area contributed by atoms with Gasteiger partial charge in [-0.1, -0.05) is 6.07 Å². The molecule has 2 rings (SSSR count). The zero-order chi connectivity index (χ0) is 10.1. The first-order valence-electron chi connectivity index (χ1n) is 4.74. The zero-order valence-corrected chi connectivity index (χ0v) is 8.74. The van der Waals surface area contributed by atoms with Crippen LogP contribution in [0.3, 0.4) is 0 Å². The van der Waals surface area contributed by atoms with Crippen LogP contribution in [0, 0.1) is 13.0 Å². The molecule has 1 aromatic carbocycles. The van der Waals surface area contributed by atoms with Gasteiger partial charge in [0, 0.05) is 18.7 Å². The summed E-state index contributed by atoms with van der Waals surface area (Å²) in [7, 11) is 1.72. The number of aromatic nitrogens is 1. The Labute approximate surface area is 84.1 Å². The van der Waals surface area contributed by atoms with E-state index in [0.29, 0.717) is 0 Å². The normalized spacial score (nSPS) is 13.4. The van der Waals surface area contributed by atoms with E-state index < -0.39 is 0 Å². The van der Waals surface area contributed by atoms with E-state index in [1.54, 1.807) is 7.11 Å². The summed E-state index contributed by atoms with van der Waals surface area (Å²) in [6.45, 7) is 4.14. The van der Waals surface area contributed by atoms with Crippen molar-refractivity contribution < 1.29 is 4.74 Å². The molecule has 14 heavy (non-hydrogen) atoms. The second-order valence-electron chi connectivity index (χ2n) is 3.50. The van der Waals surface area contributed by atoms with Gasteiger partial charge in [-0.2, -0.15) is 0 Å². The lowest BCUT2D eigenvalue weighted by atomic mass is 10.2. The molecule has 0 aliphatic heterocycles. The molecule has 1 atom stereocenters. The van der Waals surface area contributed by atoms with Crippen molar-refractivity contribution in [1.82, 2.24) is 4.57 Å². The first-order chi connectivity index (χ1) is 6.74. The van der Waals surface area contributed by atoms with E-state index in [1.165, 1.54) is 16.5 Å². The van der Waals surface area contributed by atoms with Crippen molar-refractivity contribution in [3.05, 3.63) is 36.0 Å². The van der Waals surface area contributed by atoms with Crippen molar-refractivity contribution >= 4 is 10.9 Å². The standard InChI is InChI=1S/C12H14NO/c1-9-8-13(10(2)14-3)12-7-5-4-6-11(9)12/h5-8,10H,1-3H3. The van der Waals surface area contributed by atoms with Gasteiger partial charge in [0.2, 0.25) is 0 Å². The van der Waals surface area contributed by atoms with Crippen molar-refractivity contribution in [3.8, 4) is 0 Å². The van der Waals surface area contributed by atoms with Crippen LogP contribution in [0.1, 0.15) is 18.7 Å². The summed E-state index contributed by atoms with van der Waals surface area (Å²) < 4.78 is 7.45. The molecular weight excluding hydrogens is 174 g/mol. The third-order valence-corrected chi connectivity index (χ3v) is 2.61. The minimum atomic E-state index is 0.0774. The van der Waals surface area contributed by atoms with Crippen LogP contribution in [0.5, 0.6) is 0 Å². The van der Waals surface area contributed by atoms with Gasteiger partial charge in [0.25, 0.3) is 0 Å². The molecule has 2 aromatic rings. The quantitative estimate of drug-likeness (QED) is 0.706. The SMILES string of the molecule is COC(C)n1cc(C)c2c[c]ccc21. The maximum atomic E-state index is 5.31. The lowest BCUT2D eigenvalue weighted by Gasteiger charge is -2.12. The maximum absolute atomic E-state index is 5.31. The second-order valence-corrected chi connectivity index (χ2v) is 3.50. The van der Waals surface area contributed by atoms with E-state index in [9.17, 15) is 0 Å². The number of benzene rings is 1. The third kappa shape index (κ3) is 1.32. The number of hydrogen-bond acceptors (Lipinski definition) is 1. The molecule has 0 bridgehead atoms. The molecule has 0 saturated heterocycles. The summed E-state index contributed by atoms with van der Waals surface area (Å²) in [5.74, 6) is 0. The predicted molar refractivity (Wildman–Crippen MR) is 57.2 cm³/mol. The van der Waals surface area contributed by atoms with Crippen LogP contribution in [0.15, 0.2) is 24.4 Å². The summed E-state index contributed by atoms with van der Waals surface area (Å²) in [5.41, 5.74) is 2.47. The Balaban J connectivity index is 2.66. The van der Waals surface area contributed by atoms with Gasteiger partial charge in [0.15, 0.2) is 0 Å². The molecule has 0 aliphatic carbocycles. The van der Waals surface area contributed by atoms with Crippen molar-refractivity contribution in [2.75, 3.05) is 7.11 Å². The average Bonchev–Trinajstić information content (AvgIpc) is 2.56. The Bertz CT molecular complexity index is 445. The summed E-state index contributed by atoms with van der Waals surface area (Å²) in [5, 5.41) is 1.25. The fourth-order valence-electron chi connectivity index (χ4n) is 1.73. The van der Waals surface area contributed by atoms with Crippen LogP contribution in [-0.2, 0) is 4.74 Å². The van der Waals surface area contributed by atoms with Crippen LogP contribution in [-0.4, -0.2) is 11.7 Å². The molecular formula is C12H14NO. The molecule has 1 heterocycles. The van der Waals surface area contributed by atoms with E-state index in [0.717, 1.165) is 0 Å². The van der Waals surface area contributed by atoms with Crippen molar-refractivity contribution in [2.24, 2.45) is 0 Å². The highest BCUT2D eigenvalue weighted by atomic mass is 16.5. The number of methoxy groups -OCH3 is 1. The molecule has 2 heteroatoms. The van der Waals surface area contributed by atoms with Crippen LogP contribution < -0.4 is 0 Å². The summed E-state index contributed by atoms with van der Waals surface area (Å²) in [6.07, 6.45) is 2.20. The summed E-state index contributed by atoms with van der Waals surface area (Å²) >= 11 is 0. The molecule has 1 aromatic heterocycles. The Hall–Kier alpha value is -1.28. The van der Waals surface area contributed by atoms with E-state index >= 15 is 0 Å². The van der Waals surface area contributed by atoms with Crippen LogP contribution in [0.25, 0.3) is 10.9 Å². The van der Waals surface area contributed by atoms with Crippen LogP contribution in [0.4, 0.5) is 0 Å². The van der Waals surface area contributed by atoms with Gasteiger partial charge in [-0.3, -0.25) is 0 Å². The molecule has 73 valence electrons. The van der Waals surface area contributed by atoms with Crippen LogP contribution >= 0.6 is 0 Å². The van der Waals surface area contributed by atoms with Gasteiger partial charge in [-0.25, -0.2) is 0 Å². The minimum Gasteiger partial charge on any atom is -0.362 e. The van der Waals surface area contributed by atoms with Gasteiger partial charge in [-0.15, -0.1) is 0 Å². The molecule has 1 radical (unpaired) electrons. The number of nitrogens with zero attached hydrogens (tertiary/aromatic N) is 1. The topological polar surface area (TPSA) is 14.2 Å². The molecule has 2 nitrogen and oxygen atoms in total. The lowest BCUT2D eigenvalue weighted by molar-refractivity contribution is 0.0641. The first kappa shape index (κ1) is 9.28. The van der Waals surface area contributed by atoms with E-state index in [4.69, 9.17) is 4.74 Å². The van der Waals surface area contributed by atoms with Gasteiger partial charge >= 0.3 is 0 Å². The third-order valence-electron chi connectivity index (χ3n) is 2.61. The molecule has 0 spiro atoms. The van der Waals surface area contributed by atoms with Crippen molar-refractivity contribution in [2.45, 2.75) is 20.1 Å². The maximum Gasteiger partial charge on any atom is 0.130 e. The van der Waals surface area contributed by atoms with Crippen molar-refractivity contribution in [1.29, 1.82) is 0 Å². The van der Waals surface area contributed by atoms with E-state index in [1.807, 2.05) is 19.1 Å². The fraction of sp³-hybridized carbons (Fsp3) is 0.333. The molecule has 0 saturated carbocycles. The summed E-state index contributed by atoms with van der Waals surface area (Å²) in [4.78, 5) is 0. The monoisotopic (exact) mass is 188 g/mol. The number of rotatable bonds is 2. The largest absolute Gasteiger partial charge is 0.362 e. The van der Waals surface area contributed by atoms with Gasteiger partial charge in [0.1, 0.15) is 6.23 Å². The van der Waals surface area contributed by atoms with Gasteiger partial charge < -0.3 is 9.30 Å². The molecule has 0 aliphatic rings. The fourth-order valence-corrected chi connectivity index (χ4v) is 1.73. The molecule has 0 N–H and O–H groups in total. The Kier molecular flexibility index (Phi) is 2.30. The number of ether oxygens (including phenoxy) is 1. The average molecular weight is 188 g/mol. The minimum absolute atomic E-state index is 0.0774. The van der Waals surface area contributed by atoms with Crippen molar-refractivity contribution in [3.63, 3.8) is 0 Å².